The molecule has 0 radical (unpaired) electrons. The number of rotatable bonds is 2. The molecule has 0 bridgehead atoms. The second-order valence-corrected chi connectivity index (χ2v) is 6.66. The van der Waals surface area contributed by atoms with Crippen LogP contribution < -0.4 is 5.32 Å². The zero-order chi connectivity index (χ0) is 14.0. The van der Waals surface area contributed by atoms with Crippen LogP contribution in [0.15, 0.2) is 23.1 Å². The van der Waals surface area contributed by atoms with Crippen molar-refractivity contribution in [2.45, 2.75) is 10.9 Å². The summed E-state index contributed by atoms with van der Waals surface area (Å²) in [4.78, 5) is -0.0659. The Labute approximate surface area is 121 Å². The summed E-state index contributed by atoms with van der Waals surface area (Å²) in [6.07, 6.45) is 0. The van der Waals surface area contributed by atoms with Crippen LogP contribution in [0.2, 0.25) is 10.0 Å². The molecule has 0 spiro atoms. The SMILES string of the molecule is N#CC1CNCCN1S(=O)(=O)c1cccc(Cl)c1Cl. The lowest BCUT2D eigenvalue weighted by Gasteiger charge is -2.31. The van der Waals surface area contributed by atoms with Crippen LogP contribution in [0.1, 0.15) is 0 Å². The van der Waals surface area contributed by atoms with Gasteiger partial charge in [0.15, 0.2) is 0 Å². The van der Waals surface area contributed by atoms with Crippen LogP contribution in [0.4, 0.5) is 0 Å². The van der Waals surface area contributed by atoms with E-state index in [-0.39, 0.29) is 21.5 Å². The quantitative estimate of drug-likeness (QED) is 0.896. The predicted octanol–water partition coefficient (Wildman–Crippen LogP) is 1.48. The summed E-state index contributed by atoms with van der Waals surface area (Å²) < 4.78 is 26.2. The van der Waals surface area contributed by atoms with Crippen molar-refractivity contribution in [3.8, 4) is 6.07 Å². The van der Waals surface area contributed by atoms with Crippen molar-refractivity contribution < 1.29 is 8.42 Å². The van der Waals surface area contributed by atoms with Crippen molar-refractivity contribution in [2.75, 3.05) is 19.6 Å². The number of halogens is 2. The smallest absolute Gasteiger partial charge is 0.245 e. The lowest BCUT2D eigenvalue weighted by Crippen LogP contribution is -2.52. The molecule has 2 rings (SSSR count). The molecule has 102 valence electrons. The third-order valence-electron chi connectivity index (χ3n) is 2.85. The molecule has 19 heavy (non-hydrogen) atoms. The standard InChI is InChI=1S/C11H11Cl2N3O2S/c12-9-2-1-3-10(11(9)13)19(17,18)16-5-4-15-7-8(16)6-14/h1-3,8,15H,4-5,7H2. The van der Waals surface area contributed by atoms with Crippen LogP contribution in [0.5, 0.6) is 0 Å². The molecule has 5 nitrogen and oxygen atoms in total. The molecule has 1 aliphatic rings. The average Bonchev–Trinajstić information content (AvgIpc) is 2.41. The van der Waals surface area contributed by atoms with Gasteiger partial charge < -0.3 is 5.32 Å². The molecule has 0 aromatic heterocycles. The van der Waals surface area contributed by atoms with E-state index >= 15 is 0 Å². The van der Waals surface area contributed by atoms with Gasteiger partial charge in [0.2, 0.25) is 10.0 Å². The van der Waals surface area contributed by atoms with Crippen molar-refractivity contribution in [1.82, 2.24) is 9.62 Å². The van der Waals surface area contributed by atoms with Crippen molar-refractivity contribution in [3.63, 3.8) is 0 Å². The lowest BCUT2D eigenvalue weighted by molar-refractivity contribution is 0.312. The van der Waals surface area contributed by atoms with Crippen molar-refractivity contribution in [2.24, 2.45) is 0 Å². The lowest BCUT2D eigenvalue weighted by atomic mass is 10.3. The summed E-state index contributed by atoms with van der Waals surface area (Å²) in [5.41, 5.74) is 0. The molecule has 1 aliphatic heterocycles. The Morgan fingerprint density at radius 3 is 2.84 bits per heavy atom. The molecule has 8 heteroatoms. The van der Waals surface area contributed by atoms with Gasteiger partial charge in [-0.25, -0.2) is 8.42 Å². The molecule has 0 amide bonds. The monoisotopic (exact) mass is 319 g/mol. The van der Waals surface area contributed by atoms with Crippen LogP contribution >= 0.6 is 23.2 Å². The number of nitrogens with zero attached hydrogens (tertiary/aromatic N) is 2. The second-order valence-electron chi connectivity index (χ2n) is 4.02. The molecule has 1 atom stereocenters. The van der Waals surface area contributed by atoms with E-state index in [0.717, 1.165) is 4.31 Å². The molecule has 1 N–H and O–H groups in total. The predicted molar refractivity (Wildman–Crippen MR) is 72.6 cm³/mol. The number of hydrogen-bond acceptors (Lipinski definition) is 4. The van der Waals surface area contributed by atoms with E-state index in [4.69, 9.17) is 28.5 Å². The maximum absolute atomic E-state index is 12.5. The van der Waals surface area contributed by atoms with E-state index in [1.807, 2.05) is 6.07 Å². The Kier molecular flexibility index (Phi) is 4.33. The van der Waals surface area contributed by atoms with E-state index in [1.165, 1.54) is 18.2 Å². The number of benzene rings is 1. The summed E-state index contributed by atoms with van der Waals surface area (Å²) in [6, 6.07) is 5.65. The van der Waals surface area contributed by atoms with Gasteiger partial charge in [-0.15, -0.1) is 0 Å². The van der Waals surface area contributed by atoms with Gasteiger partial charge in [0, 0.05) is 19.6 Å². The van der Waals surface area contributed by atoms with Crippen LogP contribution in [-0.2, 0) is 10.0 Å². The Morgan fingerprint density at radius 1 is 1.42 bits per heavy atom. The minimum atomic E-state index is -3.82. The van der Waals surface area contributed by atoms with Gasteiger partial charge in [0.1, 0.15) is 10.9 Å². The number of nitrogens with one attached hydrogen (secondary N) is 1. The maximum Gasteiger partial charge on any atom is 0.245 e. The zero-order valence-corrected chi connectivity index (χ0v) is 12.1. The van der Waals surface area contributed by atoms with E-state index in [1.54, 1.807) is 0 Å². The molecule has 1 fully saturated rings. The van der Waals surface area contributed by atoms with Gasteiger partial charge in [-0.05, 0) is 12.1 Å². The van der Waals surface area contributed by atoms with Crippen LogP contribution in [-0.4, -0.2) is 38.4 Å². The molecule has 1 heterocycles. The summed E-state index contributed by atoms with van der Waals surface area (Å²) in [6.45, 7) is 1.02. The molecule has 0 aliphatic carbocycles. The normalized spacial score (nSPS) is 21.0. The highest BCUT2D eigenvalue weighted by Crippen LogP contribution is 2.31. The molecule has 1 aromatic rings. The topological polar surface area (TPSA) is 73.2 Å². The molecule has 1 saturated heterocycles. The summed E-state index contributed by atoms with van der Waals surface area (Å²) in [5.74, 6) is 0. The largest absolute Gasteiger partial charge is 0.313 e. The highest BCUT2D eigenvalue weighted by atomic mass is 35.5. The summed E-state index contributed by atoms with van der Waals surface area (Å²) in [7, 11) is -3.82. The Balaban J connectivity index is 2.47. The van der Waals surface area contributed by atoms with E-state index in [0.29, 0.717) is 13.1 Å². The minimum absolute atomic E-state index is 0.0145. The van der Waals surface area contributed by atoms with Gasteiger partial charge >= 0.3 is 0 Å². The first-order valence-corrected chi connectivity index (χ1v) is 7.74. The van der Waals surface area contributed by atoms with Gasteiger partial charge in [-0.1, -0.05) is 29.3 Å². The number of nitriles is 1. The van der Waals surface area contributed by atoms with Crippen molar-refractivity contribution >= 4 is 33.2 Å². The summed E-state index contributed by atoms with van der Waals surface area (Å²) >= 11 is 11.8. The van der Waals surface area contributed by atoms with E-state index in [9.17, 15) is 8.42 Å². The van der Waals surface area contributed by atoms with Gasteiger partial charge in [0.05, 0.1) is 16.1 Å². The highest BCUT2D eigenvalue weighted by Gasteiger charge is 2.35. The fourth-order valence-electron chi connectivity index (χ4n) is 1.89. The molecule has 1 aromatic carbocycles. The van der Waals surface area contributed by atoms with Crippen molar-refractivity contribution in [3.05, 3.63) is 28.2 Å². The number of sulfonamides is 1. The number of hydrogen-bond donors (Lipinski definition) is 1. The van der Waals surface area contributed by atoms with Gasteiger partial charge in [-0.2, -0.15) is 9.57 Å². The first-order valence-electron chi connectivity index (χ1n) is 5.54. The summed E-state index contributed by atoms with van der Waals surface area (Å²) in [5, 5.41) is 12.2. The van der Waals surface area contributed by atoms with Gasteiger partial charge in [-0.3, -0.25) is 0 Å². The highest BCUT2D eigenvalue weighted by molar-refractivity contribution is 7.89. The third kappa shape index (κ3) is 2.71. The molecular formula is C11H11Cl2N3O2S. The fraction of sp³-hybridized carbons (Fsp3) is 0.364. The van der Waals surface area contributed by atoms with Crippen LogP contribution in [0.3, 0.4) is 0 Å². The molecule has 1 unspecified atom stereocenters. The Bertz CT molecular complexity index is 627. The fourth-order valence-corrected chi connectivity index (χ4v) is 4.17. The second kappa shape index (κ2) is 5.65. The van der Waals surface area contributed by atoms with E-state index in [2.05, 4.69) is 5.32 Å². The average molecular weight is 320 g/mol. The third-order valence-corrected chi connectivity index (χ3v) is 5.73. The van der Waals surface area contributed by atoms with E-state index < -0.39 is 16.1 Å². The maximum atomic E-state index is 12.5. The molecular weight excluding hydrogens is 309 g/mol. The Hall–Kier alpha value is -0.840. The Morgan fingerprint density at radius 2 is 2.16 bits per heavy atom. The number of piperazine rings is 1. The van der Waals surface area contributed by atoms with Crippen molar-refractivity contribution in [1.29, 1.82) is 5.26 Å². The zero-order valence-electron chi connectivity index (χ0n) is 9.81. The minimum Gasteiger partial charge on any atom is -0.313 e. The van der Waals surface area contributed by atoms with Gasteiger partial charge in [0.25, 0.3) is 0 Å². The first-order chi connectivity index (χ1) is 8.98. The molecule has 0 saturated carbocycles. The van der Waals surface area contributed by atoms with Crippen LogP contribution in [0.25, 0.3) is 0 Å². The van der Waals surface area contributed by atoms with Crippen LogP contribution in [0, 0.1) is 11.3 Å². The first kappa shape index (κ1) is 14.6.